The summed E-state index contributed by atoms with van der Waals surface area (Å²) in [6.07, 6.45) is 3.84. The van der Waals surface area contributed by atoms with Gasteiger partial charge in [-0.25, -0.2) is 4.79 Å². The molecule has 0 aliphatic carbocycles. The first-order valence-corrected chi connectivity index (χ1v) is 8.52. The number of nitrogens with one attached hydrogen (secondary N) is 1. The molecule has 0 heterocycles. The molecular formula is C19H28N2O6. The molecule has 0 amide bonds. The van der Waals surface area contributed by atoms with E-state index in [1.807, 2.05) is 33.8 Å². The quantitative estimate of drug-likeness (QED) is 0.233. The highest BCUT2D eigenvalue weighted by molar-refractivity contribution is 5.87. The van der Waals surface area contributed by atoms with E-state index in [4.69, 9.17) is 9.84 Å². The average Bonchev–Trinajstić information content (AvgIpc) is 2.57. The molecule has 0 saturated carbocycles. The molecule has 0 spiro atoms. The van der Waals surface area contributed by atoms with E-state index >= 15 is 0 Å². The van der Waals surface area contributed by atoms with Crippen LogP contribution in [0.4, 0.5) is 5.69 Å². The Labute approximate surface area is 159 Å². The number of nitro benzene ring substituents is 1. The summed E-state index contributed by atoms with van der Waals surface area (Å²) in [4.78, 5) is 31.4. The van der Waals surface area contributed by atoms with Crippen LogP contribution in [0.15, 0.2) is 36.9 Å². The summed E-state index contributed by atoms with van der Waals surface area (Å²) in [6.45, 7) is 11.9. The molecule has 0 unspecified atom stereocenters. The number of aromatic carboxylic acids is 1. The fourth-order valence-corrected chi connectivity index (χ4v) is 1.76. The number of rotatable bonds is 8. The van der Waals surface area contributed by atoms with Crippen LogP contribution in [-0.4, -0.2) is 40.2 Å². The van der Waals surface area contributed by atoms with Crippen LogP contribution in [-0.2, 0) is 9.53 Å². The molecule has 0 aliphatic heterocycles. The van der Waals surface area contributed by atoms with Crippen molar-refractivity contribution in [2.45, 2.75) is 52.2 Å². The molecule has 1 aromatic rings. The number of hydrogen-bond acceptors (Lipinski definition) is 6. The largest absolute Gasteiger partial charge is 0.478 e. The Hall–Kier alpha value is -2.74. The highest BCUT2D eigenvalue weighted by atomic mass is 16.6. The van der Waals surface area contributed by atoms with Gasteiger partial charge in [0.25, 0.3) is 5.69 Å². The zero-order chi connectivity index (χ0) is 21.0. The van der Waals surface area contributed by atoms with Crippen LogP contribution in [0, 0.1) is 10.1 Å². The number of hydrogen-bond donors (Lipinski definition) is 2. The van der Waals surface area contributed by atoms with E-state index in [9.17, 15) is 19.7 Å². The number of benzene rings is 1. The minimum Gasteiger partial charge on any atom is -0.478 e. The van der Waals surface area contributed by atoms with Gasteiger partial charge >= 0.3 is 11.9 Å². The van der Waals surface area contributed by atoms with E-state index in [1.165, 1.54) is 12.1 Å². The Morgan fingerprint density at radius 3 is 2.30 bits per heavy atom. The highest BCUT2D eigenvalue weighted by Crippen LogP contribution is 2.11. The van der Waals surface area contributed by atoms with Crippen LogP contribution in [0.25, 0.3) is 0 Å². The molecule has 1 rings (SSSR count). The Bertz CT molecular complexity index is 602. The number of carbonyl (C=O) groups excluding carboxylic acids is 1. The van der Waals surface area contributed by atoms with Crippen LogP contribution in [0.5, 0.6) is 0 Å². The van der Waals surface area contributed by atoms with Crippen molar-refractivity contribution in [3.8, 4) is 0 Å². The molecule has 1 atom stereocenters. The molecule has 0 aromatic heterocycles. The van der Waals surface area contributed by atoms with Gasteiger partial charge in [0.05, 0.1) is 10.5 Å². The Morgan fingerprint density at radius 1 is 1.33 bits per heavy atom. The molecule has 0 radical (unpaired) electrons. The lowest BCUT2D eigenvalue weighted by Crippen LogP contribution is -2.39. The highest BCUT2D eigenvalue weighted by Gasteiger charge is 2.20. The zero-order valence-corrected chi connectivity index (χ0v) is 16.2. The lowest BCUT2D eigenvalue weighted by Gasteiger charge is -2.22. The van der Waals surface area contributed by atoms with E-state index in [2.05, 4.69) is 11.9 Å². The van der Waals surface area contributed by atoms with Gasteiger partial charge in [-0.2, -0.15) is 0 Å². The van der Waals surface area contributed by atoms with Crippen LogP contribution in [0.3, 0.4) is 0 Å². The maximum atomic E-state index is 11.5. The van der Waals surface area contributed by atoms with Crippen LogP contribution >= 0.6 is 0 Å². The average molecular weight is 380 g/mol. The van der Waals surface area contributed by atoms with Crippen molar-refractivity contribution >= 4 is 17.6 Å². The maximum absolute atomic E-state index is 11.5. The number of esters is 1. The van der Waals surface area contributed by atoms with Crippen LogP contribution in [0.2, 0.25) is 0 Å². The number of nitro groups is 1. The summed E-state index contributed by atoms with van der Waals surface area (Å²) < 4.78 is 5.23. The molecule has 0 aliphatic rings. The number of unbranched alkanes of at least 4 members (excludes halogenated alkanes) is 1. The second-order valence-corrected chi connectivity index (χ2v) is 6.75. The van der Waals surface area contributed by atoms with Gasteiger partial charge in [-0.05, 0) is 59.2 Å². The topological polar surface area (TPSA) is 119 Å². The molecule has 27 heavy (non-hydrogen) atoms. The summed E-state index contributed by atoms with van der Waals surface area (Å²) in [6, 6.07) is 4.46. The number of carbonyl (C=O) groups is 2. The number of carboxylic acids is 1. The molecule has 0 fully saturated rings. The maximum Gasteiger partial charge on any atom is 0.335 e. The van der Waals surface area contributed by atoms with Gasteiger partial charge in [-0.1, -0.05) is 6.08 Å². The molecule has 8 heteroatoms. The number of non-ortho nitro benzene ring substituents is 1. The normalized spacial score (nSPS) is 11.6. The Morgan fingerprint density at radius 2 is 1.89 bits per heavy atom. The van der Waals surface area contributed by atoms with Gasteiger partial charge < -0.3 is 15.2 Å². The second-order valence-electron chi connectivity index (χ2n) is 6.75. The van der Waals surface area contributed by atoms with Crippen molar-refractivity contribution in [3.63, 3.8) is 0 Å². The predicted octanol–water partition coefficient (Wildman–Crippen LogP) is 3.57. The summed E-state index contributed by atoms with van der Waals surface area (Å²) in [5.41, 5.74) is -0.477. The third-order valence-electron chi connectivity index (χ3n) is 3.12. The molecule has 8 nitrogen and oxygen atoms in total. The molecule has 1 aromatic carbocycles. The standard InChI is InChI=1S/C12H23NO2.C7H5NO4/c1-6-7-8-9-13-10(2)11(14)15-12(3,4)5;9-7(10)5-1-3-6(4-2-5)8(11)12/h6,10,13H,1,7-9H2,2-5H3;1-4H,(H,9,10)/t10-;/m1./s1. The van der Waals surface area contributed by atoms with Crippen molar-refractivity contribution in [1.29, 1.82) is 0 Å². The predicted molar refractivity (Wildman–Crippen MR) is 103 cm³/mol. The third-order valence-corrected chi connectivity index (χ3v) is 3.12. The SMILES string of the molecule is C=CCCCN[C@H](C)C(=O)OC(C)(C)C.O=C(O)c1ccc([N+](=O)[O-])cc1. The van der Waals surface area contributed by atoms with Crippen LogP contribution < -0.4 is 5.32 Å². The fourth-order valence-electron chi connectivity index (χ4n) is 1.76. The summed E-state index contributed by atoms with van der Waals surface area (Å²) in [7, 11) is 0. The molecule has 0 bridgehead atoms. The zero-order valence-electron chi connectivity index (χ0n) is 16.2. The lowest BCUT2D eigenvalue weighted by atomic mass is 10.2. The minimum absolute atomic E-state index is 0.0422. The Kier molecular flexibility index (Phi) is 10.6. The summed E-state index contributed by atoms with van der Waals surface area (Å²) in [5, 5.41) is 21.7. The monoisotopic (exact) mass is 380 g/mol. The minimum atomic E-state index is -1.09. The van der Waals surface area contributed by atoms with E-state index in [0.717, 1.165) is 31.5 Å². The van der Waals surface area contributed by atoms with Crippen molar-refractivity contribution < 1.29 is 24.4 Å². The van der Waals surface area contributed by atoms with Crippen molar-refractivity contribution in [2.75, 3.05) is 6.54 Å². The first-order chi connectivity index (χ1) is 12.5. The van der Waals surface area contributed by atoms with E-state index in [-0.39, 0.29) is 23.3 Å². The Balaban J connectivity index is 0.000000511. The van der Waals surface area contributed by atoms with Gasteiger partial charge in [0.1, 0.15) is 11.6 Å². The van der Waals surface area contributed by atoms with Crippen molar-refractivity contribution in [3.05, 3.63) is 52.6 Å². The molecular weight excluding hydrogens is 352 g/mol. The molecule has 150 valence electrons. The van der Waals surface area contributed by atoms with Gasteiger partial charge in [0, 0.05) is 12.1 Å². The first kappa shape index (κ1) is 24.3. The first-order valence-electron chi connectivity index (χ1n) is 8.52. The van der Waals surface area contributed by atoms with Gasteiger partial charge in [-0.15, -0.1) is 6.58 Å². The smallest absolute Gasteiger partial charge is 0.335 e. The van der Waals surface area contributed by atoms with E-state index in [0.29, 0.717) is 0 Å². The van der Waals surface area contributed by atoms with Crippen molar-refractivity contribution in [2.24, 2.45) is 0 Å². The van der Waals surface area contributed by atoms with E-state index < -0.39 is 16.5 Å². The fraction of sp³-hybridized carbons (Fsp3) is 0.474. The van der Waals surface area contributed by atoms with Gasteiger partial charge in [-0.3, -0.25) is 14.9 Å². The van der Waals surface area contributed by atoms with Gasteiger partial charge in [0.2, 0.25) is 0 Å². The number of carboxylic acid groups (broad SMARTS) is 1. The van der Waals surface area contributed by atoms with Crippen molar-refractivity contribution in [1.82, 2.24) is 5.32 Å². The number of nitrogens with zero attached hydrogens (tertiary/aromatic N) is 1. The number of allylic oxidation sites excluding steroid dienone is 1. The van der Waals surface area contributed by atoms with E-state index in [1.54, 1.807) is 0 Å². The summed E-state index contributed by atoms with van der Waals surface area (Å²) in [5.74, 6) is -1.29. The van der Waals surface area contributed by atoms with Crippen LogP contribution in [0.1, 0.15) is 50.9 Å². The number of ether oxygens (including phenoxy) is 1. The van der Waals surface area contributed by atoms with Gasteiger partial charge in [0.15, 0.2) is 0 Å². The summed E-state index contributed by atoms with van der Waals surface area (Å²) >= 11 is 0. The lowest BCUT2D eigenvalue weighted by molar-refractivity contribution is -0.384. The molecule has 2 N–H and O–H groups in total. The molecule has 0 saturated heterocycles. The second kappa shape index (κ2) is 11.8. The third kappa shape index (κ3) is 11.5.